The zero-order chi connectivity index (χ0) is 42.3. The van der Waals surface area contributed by atoms with Gasteiger partial charge in [0.15, 0.2) is 0 Å². The van der Waals surface area contributed by atoms with Gasteiger partial charge in [-0.2, -0.15) is 0 Å². The first-order chi connectivity index (χ1) is 28.4. The molecule has 0 spiro atoms. The molecule has 0 aromatic rings. The van der Waals surface area contributed by atoms with E-state index in [1.165, 1.54) is 167 Å². The maximum absolute atomic E-state index is 12.6. The first kappa shape index (κ1) is 57.0. The molecule has 0 saturated carbocycles. The number of phosphoric ester groups is 1. The van der Waals surface area contributed by atoms with Gasteiger partial charge in [0.1, 0.15) is 6.10 Å². The molecule has 0 aliphatic heterocycles. The molecule has 0 saturated heterocycles. The third-order valence-electron chi connectivity index (χ3n) is 10.9. The van der Waals surface area contributed by atoms with Crippen LogP contribution in [-0.2, 0) is 27.9 Å². The second-order valence-corrected chi connectivity index (χ2v) is 18.1. The normalized spacial score (nSPS) is 13.5. The third-order valence-corrected chi connectivity index (χ3v) is 11.9. The van der Waals surface area contributed by atoms with Crippen LogP contribution in [-0.4, -0.2) is 49.9 Å². The lowest BCUT2D eigenvalue weighted by Crippen LogP contribution is -2.28. The molecular weight excluding hydrogens is 746 g/mol. The van der Waals surface area contributed by atoms with Gasteiger partial charge in [-0.25, -0.2) is 4.57 Å². The number of hydrogen-bond acceptors (Lipinski definition) is 7. The fourth-order valence-electron chi connectivity index (χ4n) is 7.21. The molecule has 8 nitrogen and oxygen atoms in total. The van der Waals surface area contributed by atoms with Crippen molar-refractivity contribution in [1.29, 1.82) is 0 Å². The van der Waals surface area contributed by atoms with E-state index in [2.05, 4.69) is 38.2 Å². The van der Waals surface area contributed by atoms with E-state index < -0.39 is 13.9 Å². The fraction of sp³-hybridized carbons (Fsp3) is 0.898. The average molecular weight is 842 g/mol. The molecule has 0 rings (SSSR count). The summed E-state index contributed by atoms with van der Waals surface area (Å²) < 4.78 is 33.5. The summed E-state index contributed by atoms with van der Waals surface area (Å²) in [6, 6.07) is 0. The lowest BCUT2D eigenvalue weighted by Gasteiger charge is -2.20. The predicted molar refractivity (Wildman–Crippen MR) is 247 cm³/mol. The summed E-state index contributed by atoms with van der Waals surface area (Å²) in [7, 11) is -4.28. The Bertz CT molecular complexity index is 946. The lowest BCUT2D eigenvalue weighted by molar-refractivity contribution is -0.154. The van der Waals surface area contributed by atoms with E-state index in [4.69, 9.17) is 24.3 Å². The summed E-state index contributed by atoms with van der Waals surface area (Å²) in [6.07, 6.45) is 53.5. The van der Waals surface area contributed by atoms with Gasteiger partial charge in [0, 0.05) is 19.6 Å². The van der Waals surface area contributed by atoms with E-state index in [1.807, 2.05) is 0 Å². The minimum Gasteiger partial charge on any atom is -0.457 e. The highest BCUT2D eigenvalue weighted by Gasteiger charge is 2.25. The van der Waals surface area contributed by atoms with Gasteiger partial charge in [0.25, 0.3) is 0 Å². The molecule has 0 radical (unpaired) electrons. The molecule has 0 fully saturated rings. The van der Waals surface area contributed by atoms with Crippen molar-refractivity contribution in [3.05, 3.63) is 24.3 Å². The molecule has 9 heteroatoms. The van der Waals surface area contributed by atoms with E-state index in [9.17, 15) is 14.3 Å². The molecule has 0 aliphatic carbocycles. The van der Waals surface area contributed by atoms with Crippen molar-refractivity contribution in [3.63, 3.8) is 0 Å². The average Bonchev–Trinajstić information content (AvgIpc) is 3.21. The predicted octanol–water partition coefficient (Wildman–Crippen LogP) is 15.2. The number of allylic oxidation sites excluding steroid dienone is 4. The van der Waals surface area contributed by atoms with E-state index in [-0.39, 0.29) is 32.3 Å². The van der Waals surface area contributed by atoms with Crippen molar-refractivity contribution in [2.75, 3.05) is 33.0 Å². The number of phosphoric acid groups is 1. The van der Waals surface area contributed by atoms with Crippen LogP contribution in [0, 0.1) is 0 Å². The zero-order valence-electron chi connectivity index (χ0n) is 38.3. The summed E-state index contributed by atoms with van der Waals surface area (Å²) in [4.78, 5) is 22.5. The van der Waals surface area contributed by atoms with Gasteiger partial charge in [0.2, 0.25) is 0 Å². The molecule has 2 unspecified atom stereocenters. The first-order valence-corrected chi connectivity index (χ1v) is 26.3. The van der Waals surface area contributed by atoms with Crippen LogP contribution in [0.2, 0.25) is 0 Å². The number of carbonyl (C=O) groups is 1. The summed E-state index contributed by atoms with van der Waals surface area (Å²) >= 11 is 0. The number of hydrogen-bond donors (Lipinski definition) is 2. The van der Waals surface area contributed by atoms with Crippen molar-refractivity contribution >= 4 is 13.8 Å². The van der Waals surface area contributed by atoms with Gasteiger partial charge in [-0.15, -0.1) is 0 Å². The van der Waals surface area contributed by atoms with Crippen molar-refractivity contribution in [3.8, 4) is 0 Å². The Hall–Kier alpha value is -1.02. The Morgan fingerprint density at radius 3 is 1.36 bits per heavy atom. The molecule has 0 bridgehead atoms. The van der Waals surface area contributed by atoms with E-state index in [1.54, 1.807) is 0 Å². The van der Waals surface area contributed by atoms with Crippen molar-refractivity contribution < 1.29 is 32.8 Å². The molecule has 2 atom stereocenters. The van der Waals surface area contributed by atoms with Crippen LogP contribution in [0.15, 0.2) is 24.3 Å². The lowest BCUT2D eigenvalue weighted by atomic mass is 10.0. The standard InChI is InChI=1S/C49H96NO7P/c1-3-5-7-9-11-13-15-17-19-21-22-23-24-25-26-27-29-31-33-35-37-39-41-44-54-46-48(47-56-58(52,53)55-45-43-50)57-49(51)42-40-38-36-34-32-30-28-20-18-16-14-12-10-8-6-4-2/h14,16,20,28,48H,3-13,15,17-19,21-27,29-47,50H2,1-2H3,(H,52,53)/b16-14-,28-20-. The van der Waals surface area contributed by atoms with E-state index in [0.717, 1.165) is 57.8 Å². The molecule has 0 amide bonds. The Morgan fingerprint density at radius 1 is 0.517 bits per heavy atom. The molecule has 0 aromatic heterocycles. The molecule has 344 valence electrons. The molecule has 58 heavy (non-hydrogen) atoms. The molecular formula is C49H96NO7P. The van der Waals surface area contributed by atoms with Gasteiger partial charge in [-0.3, -0.25) is 13.8 Å². The first-order valence-electron chi connectivity index (χ1n) is 24.8. The molecule has 0 heterocycles. The third kappa shape index (κ3) is 46.1. The number of unbranched alkanes of at least 4 members (excludes halogenated alkanes) is 31. The highest BCUT2D eigenvalue weighted by Crippen LogP contribution is 2.43. The fourth-order valence-corrected chi connectivity index (χ4v) is 7.97. The molecule has 0 aromatic carbocycles. The Balaban J connectivity index is 3.91. The minimum atomic E-state index is -4.28. The van der Waals surface area contributed by atoms with Crippen molar-refractivity contribution in [2.45, 2.75) is 251 Å². The van der Waals surface area contributed by atoms with Gasteiger partial charge in [0.05, 0.1) is 19.8 Å². The summed E-state index contributed by atoms with van der Waals surface area (Å²) in [6.45, 7) is 4.94. The highest BCUT2D eigenvalue weighted by atomic mass is 31.2. The van der Waals surface area contributed by atoms with Gasteiger partial charge in [-0.05, 0) is 44.9 Å². The van der Waals surface area contributed by atoms with Crippen LogP contribution >= 0.6 is 7.82 Å². The summed E-state index contributed by atoms with van der Waals surface area (Å²) in [5, 5.41) is 0. The number of nitrogens with two attached hydrogens (primary N) is 1. The van der Waals surface area contributed by atoms with Crippen LogP contribution < -0.4 is 5.73 Å². The maximum Gasteiger partial charge on any atom is 0.472 e. The van der Waals surface area contributed by atoms with Crippen molar-refractivity contribution in [1.82, 2.24) is 0 Å². The zero-order valence-corrected chi connectivity index (χ0v) is 39.2. The minimum absolute atomic E-state index is 0.0961. The van der Waals surface area contributed by atoms with Crippen LogP contribution in [0.25, 0.3) is 0 Å². The van der Waals surface area contributed by atoms with Gasteiger partial charge < -0.3 is 20.1 Å². The summed E-state index contributed by atoms with van der Waals surface area (Å²) in [5.41, 5.74) is 5.38. The smallest absolute Gasteiger partial charge is 0.457 e. The van der Waals surface area contributed by atoms with Gasteiger partial charge in [-0.1, -0.05) is 218 Å². The topological polar surface area (TPSA) is 117 Å². The second kappa shape index (κ2) is 47.0. The largest absolute Gasteiger partial charge is 0.472 e. The van der Waals surface area contributed by atoms with Gasteiger partial charge >= 0.3 is 13.8 Å². The maximum atomic E-state index is 12.6. The van der Waals surface area contributed by atoms with Crippen LogP contribution in [0.4, 0.5) is 0 Å². The number of esters is 1. The van der Waals surface area contributed by atoms with E-state index >= 15 is 0 Å². The number of rotatable bonds is 48. The second-order valence-electron chi connectivity index (χ2n) is 16.7. The monoisotopic (exact) mass is 842 g/mol. The SMILES string of the molecule is CCCCCC/C=C\C/C=C\CCCCCCCC(=O)OC(COCCCCCCCCCCCCCCCCCCCCCCCCC)COP(=O)(O)OCCN. The molecule has 0 aliphatic rings. The Morgan fingerprint density at radius 2 is 0.914 bits per heavy atom. The quantitative estimate of drug-likeness (QED) is 0.0269. The Kier molecular flexibility index (Phi) is 46.2. The van der Waals surface area contributed by atoms with E-state index in [0.29, 0.717) is 13.0 Å². The highest BCUT2D eigenvalue weighted by molar-refractivity contribution is 7.47. The Labute approximate surface area is 359 Å². The summed E-state index contributed by atoms with van der Waals surface area (Å²) in [5.74, 6) is -0.339. The number of carbonyl (C=O) groups excluding carboxylic acids is 1. The van der Waals surface area contributed by atoms with Crippen molar-refractivity contribution in [2.24, 2.45) is 5.73 Å². The number of ether oxygens (including phenoxy) is 2. The van der Waals surface area contributed by atoms with Crippen LogP contribution in [0.3, 0.4) is 0 Å². The van der Waals surface area contributed by atoms with Crippen LogP contribution in [0.5, 0.6) is 0 Å². The van der Waals surface area contributed by atoms with Crippen LogP contribution in [0.1, 0.15) is 245 Å². The molecule has 3 N–H and O–H groups in total.